The Balaban J connectivity index is 1.46. The lowest BCUT2D eigenvalue weighted by Crippen LogP contribution is -2.04. The lowest BCUT2D eigenvalue weighted by molar-refractivity contribution is 0.584. The van der Waals surface area contributed by atoms with Crippen LogP contribution in [0.4, 0.5) is 8.78 Å². The molecule has 0 radical (unpaired) electrons. The molecule has 222 valence electrons. The number of para-hydroxylation sites is 1. The van der Waals surface area contributed by atoms with Crippen LogP contribution in [-0.4, -0.2) is 19.5 Å². The van der Waals surface area contributed by atoms with Gasteiger partial charge in [0.05, 0.1) is 28.4 Å². The van der Waals surface area contributed by atoms with Gasteiger partial charge in [0.25, 0.3) is 0 Å². The van der Waals surface area contributed by atoms with Crippen LogP contribution in [0.5, 0.6) is 0 Å². The minimum atomic E-state index is -0.667. The summed E-state index contributed by atoms with van der Waals surface area (Å²) < 4.78 is 31.0. The van der Waals surface area contributed by atoms with E-state index in [-0.39, 0.29) is 0 Å². The Morgan fingerprint density at radius 2 is 1.09 bits per heavy atom. The summed E-state index contributed by atoms with van der Waals surface area (Å²) >= 11 is 0. The Morgan fingerprint density at radius 1 is 0.489 bits per heavy atom. The summed E-state index contributed by atoms with van der Waals surface area (Å²) in [5.74, 6) is 0.0383. The van der Waals surface area contributed by atoms with Crippen molar-refractivity contribution < 1.29 is 8.78 Å². The maximum absolute atomic E-state index is 14.4. The molecule has 0 saturated carbocycles. The van der Waals surface area contributed by atoms with E-state index in [1.54, 1.807) is 6.07 Å². The van der Waals surface area contributed by atoms with E-state index in [9.17, 15) is 14.0 Å². The molecule has 0 atom stereocenters. The van der Waals surface area contributed by atoms with E-state index >= 15 is 0 Å². The molecule has 6 aromatic carbocycles. The Morgan fingerprint density at radius 3 is 1.74 bits per heavy atom. The third kappa shape index (κ3) is 5.08. The molecule has 0 unspecified atom stereocenters. The number of aromatic nitrogens is 4. The third-order valence-corrected chi connectivity index (χ3v) is 8.18. The van der Waals surface area contributed by atoms with Gasteiger partial charge in [-0.3, -0.25) is 0 Å². The fourth-order valence-corrected chi connectivity index (χ4v) is 6.04. The highest BCUT2D eigenvalue weighted by Gasteiger charge is 2.20. The van der Waals surface area contributed by atoms with E-state index in [1.807, 2.05) is 115 Å². The molecule has 8 rings (SSSR count). The Hall–Kier alpha value is -6.52. The first-order valence-electron chi connectivity index (χ1n) is 15.0. The summed E-state index contributed by atoms with van der Waals surface area (Å²) in [4.78, 5) is 14.9. The van der Waals surface area contributed by atoms with E-state index < -0.39 is 11.6 Å². The van der Waals surface area contributed by atoms with Gasteiger partial charge in [-0.15, -0.1) is 0 Å². The molecule has 0 fully saturated rings. The third-order valence-electron chi connectivity index (χ3n) is 8.18. The Bertz CT molecular complexity index is 2420. The molecule has 0 aliphatic carbocycles. The number of halogens is 2. The van der Waals surface area contributed by atoms with Crippen molar-refractivity contribution in [3.63, 3.8) is 0 Å². The van der Waals surface area contributed by atoms with E-state index in [0.717, 1.165) is 44.7 Å². The zero-order valence-corrected chi connectivity index (χ0v) is 24.8. The van der Waals surface area contributed by atoms with Crippen molar-refractivity contribution in [2.45, 2.75) is 0 Å². The standard InChI is InChI=1S/C40H23F2N5/c41-30-20-29(21-31(42)23-30)28-16-18-37(47-35-14-8-7-13-32(35)33-19-25(24-43)15-17-36(33)47)34(22-28)40-45-38(26-9-3-1-4-10-26)44-39(46-40)27-11-5-2-6-12-27/h1-23H. The van der Waals surface area contributed by atoms with Gasteiger partial charge in [-0.2, -0.15) is 5.26 Å². The Kier molecular flexibility index (Phi) is 6.81. The molecular formula is C40H23F2N5. The summed E-state index contributed by atoms with van der Waals surface area (Å²) in [6.45, 7) is 0. The fraction of sp³-hybridized carbons (Fsp3) is 0. The summed E-state index contributed by atoms with van der Waals surface area (Å²) in [7, 11) is 0. The van der Waals surface area contributed by atoms with Crippen molar-refractivity contribution in [3.8, 4) is 57.0 Å². The van der Waals surface area contributed by atoms with Gasteiger partial charge in [-0.25, -0.2) is 23.7 Å². The number of nitriles is 1. The SMILES string of the molecule is N#Cc1ccc2c(c1)c1ccccc1n2-c1ccc(-c2cc(F)cc(F)c2)cc1-c1nc(-c2ccccc2)nc(-c2ccccc2)n1. The van der Waals surface area contributed by atoms with Crippen molar-refractivity contribution >= 4 is 21.8 Å². The van der Waals surface area contributed by atoms with Gasteiger partial charge in [0.15, 0.2) is 17.5 Å². The summed E-state index contributed by atoms with van der Waals surface area (Å²) in [6.07, 6.45) is 0. The average Bonchev–Trinajstić information content (AvgIpc) is 3.45. The van der Waals surface area contributed by atoms with Crippen molar-refractivity contribution in [3.05, 3.63) is 157 Å². The second-order valence-electron chi connectivity index (χ2n) is 11.1. The molecule has 2 aromatic heterocycles. The smallest absolute Gasteiger partial charge is 0.166 e. The van der Waals surface area contributed by atoms with Gasteiger partial charge < -0.3 is 4.57 Å². The highest BCUT2D eigenvalue weighted by atomic mass is 19.1. The van der Waals surface area contributed by atoms with Crippen molar-refractivity contribution in [1.29, 1.82) is 5.26 Å². The first kappa shape index (κ1) is 28.0. The Labute approximate surface area is 268 Å². The van der Waals surface area contributed by atoms with E-state index in [0.29, 0.717) is 39.7 Å². The van der Waals surface area contributed by atoms with Crippen LogP contribution >= 0.6 is 0 Å². The monoisotopic (exact) mass is 611 g/mol. The molecule has 0 aliphatic rings. The summed E-state index contributed by atoms with van der Waals surface area (Å²) in [5.41, 5.74) is 6.37. The van der Waals surface area contributed by atoms with Gasteiger partial charge in [0.1, 0.15) is 11.6 Å². The molecule has 47 heavy (non-hydrogen) atoms. The number of rotatable bonds is 5. The van der Waals surface area contributed by atoms with E-state index in [2.05, 4.69) is 10.6 Å². The highest BCUT2D eigenvalue weighted by molar-refractivity contribution is 6.10. The molecule has 0 amide bonds. The number of nitrogens with zero attached hydrogens (tertiary/aromatic N) is 5. The molecule has 0 spiro atoms. The molecule has 0 saturated heterocycles. The van der Waals surface area contributed by atoms with Crippen molar-refractivity contribution in [2.24, 2.45) is 0 Å². The number of fused-ring (bicyclic) bond motifs is 3. The molecule has 0 bridgehead atoms. The normalized spacial score (nSPS) is 11.2. The lowest BCUT2D eigenvalue weighted by Gasteiger charge is -2.16. The van der Waals surface area contributed by atoms with Gasteiger partial charge in [-0.1, -0.05) is 84.9 Å². The highest BCUT2D eigenvalue weighted by Crippen LogP contribution is 2.38. The second kappa shape index (κ2) is 11.4. The predicted octanol–water partition coefficient (Wildman–Crippen LogP) is 9.79. The van der Waals surface area contributed by atoms with Crippen molar-refractivity contribution in [2.75, 3.05) is 0 Å². The van der Waals surface area contributed by atoms with Crippen LogP contribution < -0.4 is 0 Å². The zero-order chi connectivity index (χ0) is 31.9. The van der Waals surface area contributed by atoms with Crippen LogP contribution in [0.2, 0.25) is 0 Å². The summed E-state index contributed by atoms with van der Waals surface area (Å²) in [6, 6.07) is 44.3. The van der Waals surface area contributed by atoms with E-state index in [1.165, 1.54) is 12.1 Å². The molecule has 8 aromatic rings. The second-order valence-corrected chi connectivity index (χ2v) is 11.1. The predicted molar refractivity (Wildman–Crippen MR) is 181 cm³/mol. The molecule has 7 heteroatoms. The van der Waals surface area contributed by atoms with Crippen LogP contribution in [0.3, 0.4) is 0 Å². The molecule has 0 aliphatic heterocycles. The van der Waals surface area contributed by atoms with Gasteiger partial charge in [-0.05, 0) is 59.7 Å². The van der Waals surface area contributed by atoms with Crippen LogP contribution in [0, 0.1) is 23.0 Å². The minimum absolute atomic E-state index is 0.386. The maximum atomic E-state index is 14.4. The first-order valence-corrected chi connectivity index (χ1v) is 15.0. The summed E-state index contributed by atoms with van der Waals surface area (Å²) in [5, 5.41) is 11.6. The number of benzene rings is 6. The maximum Gasteiger partial charge on any atom is 0.166 e. The van der Waals surface area contributed by atoms with Crippen LogP contribution in [-0.2, 0) is 0 Å². The topological polar surface area (TPSA) is 67.4 Å². The molecular weight excluding hydrogens is 588 g/mol. The van der Waals surface area contributed by atoms with Crippen LogP contribution in [0.15, 0.2) is 140 Å². The molecule has 0 N–H and O–H groups in total. The largest absolute Gasteiger partial charge is 0.308 e. The van der Waals surface area contributed by atoms with Crippen LogP contribution in [0.1, 0.15) is 5.56 Å². The molecule has 2 heterocycles. The molecule has 5 nitrogen and oxygen atoms in total. The van der Waals surface area contributed by atoms with Gasteiger partial charge >= 0.3 is 0 Å². The van der Waals surface area contributed by atoms with E-state index in [4.69, 9.17) is 15.0 Å². The van der Waals surface area contributed by atoms with Crippen molar-refractivity contribution in [1.82, 2.24) is 19.5 Å². The number of hydrogen-bond donors (Lipinski definition) is 0. The van der Waals surface area contributed by atoms with Crippen LogP contribution in [0.25, 0.3) is 72.8 Å². The average molecular weight is 612 g/mol. The van der Waals surface area contributed by atoms with Gasteiger partial charge in [0.2, 0.25) is 0 Å². The fourth-order valence-electron chi connectivity index (χ4n) is 6.04. The number of hydrogen-bond acceptors (Lipinski definition) is 4. The lowest BCUT2D eigenvalue weighted by atomic mass is 10.0. The van der Waals surface area contributed by atoms with Gasteiger partial charge in [0, 0.05) is 33.5 Å². The zero-order valence-electron chi connectivity index (χ0n) is 24.8. The first-order chi connectivity index (χ1) is 23.1. The minimum Gasteiger partial charge on any atom is -0.308 e. The quantitative estimate of drug-likeness (QED) is 0.194.